The van der Waals surface area contributed by atoms with Gasteiger partial charge in [-0.1, -0.05) is 12.5 Å². The normalized spacial score (nSPS) is 13.2. The second-order valence-corrected chi connectivity index (χ2v) is 12.2. The Labute approximate surface area is 287 Å². The number of hydrogen-bond donors (Lipinski definition) is 2. The van der Waals surface area contributed by atoms with Crippen molar-refractivity contribution in [3.05, 3.63) is 34.4 Å². The summed E-state index contributed by atoms with van der Waals surface area (Å²) in [6.07, 6.45) is 8.17. The molecular formula is C34H41BrN4O9. The minimum atomic E-state index is -0.821. The average Bonchev–Trinajstić information content (AvgIpc) is 3.38. The fourth-order valence-corrected chi connectivity index (χ4v) is 5.35. The summed E-state index contributed by atoms with van der Waals surface area (Å²) in [5.74, 6) is 0.597. The second-order valence-electron chi connectivity index (χ2n) is 11.4. The Hall–Kier alpha value is -4.51. The summed E-state index contributed by atoms with van der Waals surface area (Å²) < 4.78 is 6.17. The van der Waals surface area contributed by atoms with E-state index in [9.17, 15) is 33.9 Å². The number of nitrogens with zero attached hydrogens (tertiary/aromatic N) is 3. The van der Waals surface area contributed by atoms with E-state index in [0.717, 1.165) is 11.8 Å². The van der Waals surface area contributed by atoms with Gasteiger partial charge >= 0.3 is 12.1 Å². The molecule has 1 fully saturated rings. The molecule has 1 unspecified atom stereocenters. The van der Waals surface area contributed by atoms with Crippen LogP contribution < -0.4 is 5.32 Å². The zero-order chi connectivity index (χ0) is 35.1. The predicted molar refractivity (Wildman–Crippen MR) is 178 cm³/mol. The van der Waals surface area contributed by atoms with E-state index < -0.39 is 30.0 Å². The van der Waals surface area contributed by atoms with Gasteiger partial charge in [-0.05, 0) is 59.8 Å². The Balaban J connectivity index is 1.51. The molecule has 1 aromatic heterocycles. The van der Waals surface area contributed by atoms with Crippen LogP contribution in [0.1, 0.15) is 95.3 Å². The van der Waals surface area contributed by atoms with Gasteiger partial charge in [-0.2, -0.15) is 0 Å². The summed E-state index contributed by atoms with van der Waals surface area (Å²) in [4.78, 5) is 83.6. The maximum absolute atomic E-state index is 12.8. The Kier molecular flexibility index (Phi) is 15.3. The van der Waals surface area contributed by atoms with E-state index in [1.807, 2.05) is 0 Å². The molecule has 0 radical (unpaired) electrons. The molecule has 1 saturated heterocycles. The van der Waals surface area contributed by atoms with Crippen molar-refractivity contribution in [2.45, 2.75) is 89.6 Å². The number of phenolic OH excluding ortho intramolecular Hbond substituents is 1. The molecule has 48 heavy (non-hydrogen) atoms. The number of aromatic nitrogens is 1. The van der Waals surface area contributed by atoms with E-state index in [1.165, 1.54) is 4.90 Å². The van der Waals surface area contributed by atoms with Gasteiger partial charge in [0.2, 0.25) is 5.91 Å². The van der Waals surface area contributed by atoms with Crippen molar-refractivity contribution in [2.24, 2.45) is 0 Å². The number of pyridine rings is 1. The van der Waals surface area contributed by atoms with Crippen molar-refractivity contribution in [3.8, 4) is 18.1 Å². The van der Waals surface area contributed by atoms with Crippen LogP contribution in [0.5, 0.6) is 5.75 Å². The number of hydroxylamine groups is 2. The van der Waals surface area contributed by atoms with Crippen LogP contribution in [0.25, 0.3) is 10.9 Å². The SMILES string of the molecule is C#CCCC(=O)CCCCCNC(=O)OC(CCN(C)C(=O)CCCCC(=O)ON1C(=O)CCC1=O)c1ccc2ccc(O)c(Br)c2n1. The van der Waals surface area contributed by atoms with E-state index >= 15 is 0 Å². The van der Waals surface area contributed by atoms with E-state index in [0.29, 0.717) is 72.2 Å². The zero-order valence-corrected chi connectivity index (χ0v) is 28.6. The van der Waals surface area contributed by atoms with Crippen LogP contribution in [-0.2, 0) is 33.5 Å². The maximum atomic E-state index is 12.8. The number of ketones is 1. The molecule has 14 heteroatoms. The van der Waals surface area contributed by atoms with E-state index in [-0.39, 0.29) is 56.1 Å². The molecule has 4 amide bonds. The molecule has 2 N–H and O–H groups in total. The summed E-state index contributed by atoms with van der Waals surface area (Å²) in [7, 11) is 1.62. The third kappa shape index (κ3) is 11.9. The highest BCUT2D eigenvalue weighted by Crippen LogP contribution is 2.32. The first-order valence-electron chi connectivity index (χ1n) is 16.0. The lowest BCUT2D eigenvalue weighted by Crippen LogP contribution is -2.32. The zero-order valence-electron chi connectivity index (χ0n) is 27.0. The monoisotopic (exact) mass is 728 g/mol. The standard InChI is InChI=1S/C34H41BrN4O9/c1-3-4-10-24(40)11-6-5-9-21-36-34(46)47-27(25-16-14-23-15-17-26(41)32(35)33(23)37-25)20-22-38(2)28(42)12-7-8-13-31(45)48-39-29(43)18-19-30(39)44/h1,14-17,27,41H,4-13,18-22H2,2H3,(H,36,46). The summed E-state index contributed by atoms with van der Waals surface area (Å²) in [5, 5.41) is 14.2. The number of carbonyl (C=O) groups is 6. The summed E-state index contributed by atoms with van der Waals surface area (Å²) in [6.45, 7) is 0.581. The molecule has 0 spiro atoms. The van der Waals surface area contributed by atoms with Crippen LogP contribution >= 0.6 is 15.9 Å². The quantitative estimate of drug-likeness (QED) is 0.114. The maximum Gasteiger partial charge on any atom is 0.407 e. The van der Waals surface area contributed by atoms with Gasteiger partial charge in [-0.15, -0.1) is 17.4 Å². The molecule has 0 aliphatic carbocycles. The van der Waals surface area contributed by atoms with Crippen molar-refractivity contribution in [2.75, 3.05) is 20.1 Å². The molecule has 13 nitrogen and oxygen atoms in total. The van der Waals surface area contributed by atoms with Crippen molar-refractivity contribution in [1.29, 1.82) is 0 Å². The molecule has 3 rings (SSSR count). The lowest BCUT2D eigenvalue weighted by Gasteiger charge is -2.22. The Morgan fingerprint density at radius 2 is 1.71 bits per heavy atom. The molecule has 258 valence electrons. The van der Waals surface area contributed by atoms with E-state index in [2.05, 4.69) is 32.2 Å². The first-order chi connectivity index (χ1) is 23.0. The number of benzene rings is 1. The molecule has 1 aromatic carbocycles. The van der Waals surface area contributed by atoms with Gasteiger partial charge in [0.1, 0.15) is 17.6 Å². The van der Waals surface area contributed by atoms with E-state index in [1.54, 1.807) is 31.3 Å². The number of aromatic hydroxyl groups is 1. The number of hydrogen-bond acceptors (Lipinski definition) is 10. The number of fused-ring (bicyclic) bond motifs is 1. The van der Waals surface area contributed by atoms with Gasteiger partial charge in [-0.25, -0.2) is 14.6 Å². The second kappa shape index (κ2) is 19.3. The van der Waals surface area contributed by atoms with Gasteiger partial charge in [0.15, 0.2) is 0 Å². The molecule has 1 aliphatic rings. The van der Waals surface area contributed by atoms with Crippen LogP contribution in [0.3, 0.4) is 0 Å². The van der Waals surface area contributed by atoms with Crippen LogP contribution in [0, 0.1) is 12.3 Å². The van der Waals surface area contributed by atoms with Gasteiger partial charge in [-0.3, -0.25) is 19.2 Å². The third-order valence-electron chi connectivity index (χ3n) is 7.70. The van der Waals surface area contributed by atoms with Crippen LogP contribution in [0.4, 0.5) is 4.79 Å². The minimum absolute atomic E-state index is 0.0109. The number of phenols is 1. The smallest absolute Gasteiger partial charge is 0.407 e. The molecular weight excluding hydrogens is 688 g/mol. The Morgan fingerprint density at radius 3 is 2.44 bits per heavy atom. The number of rotatable bonds is 19. The average molecular weight is 730 g/mol. The van der Waals surface area contributed by atoms with Crippen molar-refractivity contribution >= 4 is 62.4 Å². The lowest BCUT2D eigenvalue weighted by atomic mass is 10.1. The number of alkyl carbamates (subject to hydrolysis) is 1. The highest BCUT2D eigenvalue weighted by atomic mass is 79.9. The fraction of sp³-hybridized carbons (Fsp3) is 0.500. The molecule has 0 saturated carbocycles. The van der Waals surface area contributed by atoms with Crippen LogP contribution in [-0.4, -0.2) is 75.8 Å². The number of ether oxygens (including phenoxy) is 1. The van der Waals surface area contributed by atoms with Crippen molar-refractivity contribution in [1.82, 2.24) is 20.3 Å². The van der Waals surface area contributed by atoms with Crippen LogP contribution in [0.2, 0.25) is 0 Å². The van der Waals surface area contributed by atoms with Gasteiger partial charge < -0.3 is 24.9 Å². The molecule has 1 aliphatic heterocycles. The van der Waals surface area contributed by atoms with Gasteiger partial charge in [0.05, 0.1) is 15.7 Å². The number of terminal acetylenes is 1. The largest absolute Gasteiger partial charge is 0.507 e. The fourth-order valence-electron chi connectivity index (χ4n) is 4.90. The number of carbonyl (C=O) groups excluding carboxylic acids is 6. The Bertz CT molecular complexity index is 1520. The first kappa shape index (κ1) is 37.9. The van der Waals surface area contributed by atoms with Crippen molar-refractivity contribution < 1.29 is 43.4 Å². The first-order valence-corrected chi connectivity index (χ1v) is 16.8. The minimum Gasteiger partial charge on any atom is -0.507 e. The van der Waals surface area contributed by atoms with Crippen molar-refractivity contribution in [3.63, 3.8) is 0 Å². The highest BCUT2D eigenvalue weighted by Gasteiger charge is 2.32. The predicted octanol–water partition coefficient (Wildman–Crippen LogP) is 5.03. The van der Waals surface area contributed by atoms with E-state index in [4.69, 9.17) is 16.0 Å². The number of nitrogens with one attached hydrogen (secondary N) is 1. The molecule has 1 atom stereocenters. The highest BCUT2D eigenvalue weighted by molar-refractivity contribution is 9.10. The number of unbranched alkanes of at least 4 members (excludes halogenated alkanes) is 3. The summed E-state index contributed by atoms with van der Waals surface area (Å²) >= 11 is 3.36. The lowest BCUT2D eigenvalue weighted by molar-refractivity contribution is -0.197. The number of imide groups is 1. The summed E-state index contributed by atoms with van der Waals surface area (Å²) in [5.41, 5.74) is 0.920. The summed E-state index contributed by atoms with van der Waals surface area (Å²) in [6, 6.07) is 6.79. The molecule has 2 heterocycles. The number of amides is 4. The van der Waals surface area contributed by atoms with Gasteiger partial charge in [0, 0.05) is 76.9 Å². The van der Waals surface area contributed by atoms with Gasteiger partial charge in [0.25, 0.3) is 11.8 Å². The number of halogens is 1. The topological polar surface area (TPSA) is 173 Å². The third-order valence-corrected chi connectivity index (χ3v) is 8.49. The Morgan fingerprint density at radius 1 is 1.02 bits per heavy atom. The molecule has 2 aromatic rings. The number of Topliss-reactive ketones (excluding diaryl/α,β-unsaturated/α-hetero) is 1. The van der Waals surface area contributed by atoms with Crippen LogP contribution in [0.15, 0.2) is 28.7 Å². The molecule has 0 bridgehead atoms.